The molecule has 6 heterocycles. The molecule has 5 aromatic rings. The van der Waals surface area contributed by atoms with E-state index in [1.165, 1.54) is 12.1 Å². The number of hydrogen-bond acceptors (Lipinski definition) is 7. The van der Waals surface area contributed by atoms with Gasteiger partial charge in [-0.2, -0.15) is 0 Å². The molecule has 9 nitrogen and oxygen atoms in total. The van der Waals surface area contributed by atoms with Crippen molar-refractivity contribution in [3.8, 4) is 22.5 Å². The van der Waals surface area contributed by atoms with E-state index in [1.54, 1.807) is 18.5 Å². The SMILES string of the molecule is Cc1nc(C2(C)CCN(c3ncnc4[nH]c(-c5ccc(N6CCOCC6)nc5)cc34)CC2)[nH]c1-c1ccc(C(F)F)cc1. The van der Waals surface area contributed by atoms with Gasteiger partial charge in [-0.25, -0.2) is 28.7 Å². The number of morpholine rings is 1. The minimum absolute atomic E-state index is 0.0206. The van der Waals surface area contributed by atoms with Crippen molar-refractivity contribution in [2.24, 2.45) is 0 Å². The van der Waals surface area contributed by atoms with E-state index in [2.05, 4.69) is 49.9 Å². The highest BCUT2D eigenvalue weighted by Crippen LogP contribution is 2.38. The average Bonchev–Trinajstić information content (AvgIpc) is 3.66. The molecule has 2 aliphatic heterocycles. The Bertz CT molecular complexity index is 1720. The molecule has 1 aromatic carbocycles. The van der Waals surface area contributed by atoms with E-state index >= 15 is 0 Å². The lowest BCUT2D eigenvalue weighted by molar-refractivity contribution is 0.122. The summed E-state index contributed by atoms with van der Waals surface area (Å²) < 4.78 is 31.5. The lowest BCUT2D eigenvalue weighted by Gasteiger charge is -2.38. The molecule has 0 aliphatic carbocycles. The molecule has 0 bridgehead atoms. The van der Waals surface area contributed by atoms with Crippen molar-refractivity contribution in [2.45, 2.75) is 38.5 Å². The fourth-order valence-corrected chi connectivity index (χ4v) is 6.13. The van der Waals surface area contributed by atoms with Crippen LogP contribution >= 0.6 is 0 Å². The van der Waals surface area contributed by atoms with Crippen LogP contribution in [0.4, 0.5) is 20.4 Å². The van der Waals surface area contributed by atoms with E-state index in [1.807, 2.05) is 13.1 Å². The number of alkyl halides is 2. The third kappa shape index (κ3) is 5.22. The van der Waals surface area contributed by atoms with Crippen molar-refractivity contribution in [1.82, 2.24) is 29.9 Å². The minimum Gasteiger partial charge on any atom is -0.378 e. The first-order valence-corrected chi connectivity index (χ1v) is 14.7. The summed E-state index contributed by atoms with van der Waals surface area (Å²) in [5, 5.41) is 0.988. The van der Waals surface area contributed by atoms with Crippen molar-refractivity contribution in [2.75, 3.05) is 49.2 Å². The molecule has 11 heteroatoms. The number of benzene rings is 1. The molecule has 222 valence electrons. The van der Waals surface area contributed by atoms with Crippen LogP contribution in [0.25, 0.3) is 33.5 Å². The van der Waals surface area contributed by atoms with Gasteiger partial charge in [0.05, 0.1) is 30.0 Å². The number of piperidine rings is 1. The number of halogens is 2. The van der Waals surface area contributed by atoms with Gasteiger partial charge in [0.15, 0.2) is 0 Å². The fourth-order valence-electron chi connectivity index (χ4n) is 6.13. The smallest absolute Gasteiger partial charge is 0.263 e. The molecule has 0 saturated carbocycles. The van der Waals surface area contributed by atoms with Crippen LogP contribution in [0.2, 0.25) is 0 Å². The summed E-state index contributed by atoms with van der Waals surface area (Å²) >= 11 is 0. The number of anilines is 2. The largest absolute Gasteiger partial charge is 0.378 e. The monoisotopic (exact) mass is 584 g/mol. The fraction of sp³-hybridized carbons (Fsp3) is 0.375. The highest BCUT2D eigenvalue weighted by atomic mass is 19.3. The molecule has 4 aromatic heterocycles. The third-order valence-corrected chi connectivity index (χ3v) is 8.87. The summed E-state index contributed by atoms with van der Waals surface area (Å²) in [5.41, 5.74) is 5.24. The molecule has 0 atom stereocenters. The Kier molecular flexibility index (Phi) is 7.04. The molecule has 0 radical (unpaired) electrons. The lowest BCUT2D eigenvalue weighted by atomic mass is 9.79. The number of hydrogen-bond donors (Lipinski definition) is 2. The maximum atomic E-state index is 13.0. The van der Waals surface area contributed by atoms with E-state index in [9.17, 15) is 8.78 Å². The molecule has 0 unspecified atom stereocenters. The van der Waals surface area contributed by atoms with Gasteiger partial charge >= 0.3 is 0 Å². The van der Waals surface area contributed by atoms with E-state index in [0.717, 1.165) is 109 Å². The molecule has 2 N–H and O–H groups in total. The van der Waals surface area contributed by atoms with Crippen molar-refractivity contribution in [1.29, 1.82) is 0 Å². The van der Waals surface area contributed by atoms with Gasteiger partial charge in [-0.15, -0.1) is 0 Å². The number of rotatable bonds is 6. The van der Waals surface area contributed by atoms with Gasteiger partial charge in [0, 0.05) is 54.6 Å². The van der Waals surface area contributed by atoms with Crippen LogP contribution in [0.15, 0.2) is 55.0 Å². The molecular formula is C32H34F2N8O. The van der Waals surface area contributed by atoms with E-state index in [4.69, 9.17) is 19.7 Å². The molecule has 2 aliphatic rings. The number of H-pyrrole nitrogens is 2. The Hall–Kier alpha value is -4.38. The van der Waals surface area contributed by atoms with Gasteiger partial charge in [-0.1, -0.05) is 31.2 Å². The number of aromatic amines is 2. The quantitative estimate of drug-likeness (QED) is 0.251. The number of fused-ring (bicyclic) bond motifs is 1. The molecular weight excluding hydrogens is 550 g/mol. The molecule has 0 spiro atoms. The molecule has 0 amide bonds. The highest BCUT2D eigenvalue weighted by molar-refractivity contribution is 5.92. The molecule has 2 fully saturated rings. The number of nitrogens with one attached hydrogen (secondary N) is 2. The third-order valence-electron chi connectivity index (χ3n) is 8.87. The molecule has 2 saturated heterocycles. The Morgan fingerprint density at radius 1 is 0.884 bits per heavy atom. The summed E-state index contributed by atoms with van der Waals surface area (Å²) in [6.07, 6.45) is 2.82. The van der Waals surface area contributed by atoms with E-state index in [-0.39, 0.29) is 11.0 Å². The predicted molar refractivity (Wildman–Crippen MR) is 163 cm³/mol. The normalized spacial score (nSPS) is 17.2. The number of pyridine rings is 1. The first-order valence-electron chi connectivity index (χ1n) is 14.7. The Morgan fingerprint density at radius 3 is 2.33 bits per heavy atom. The van der Waals surface area contributed by atoms with Gasteiger partial charge in [0.2, 0.25) is 0 Å². The number of nitrogens with zero attached hydrogens (tertiary/aromatic N) is 6. The van der Waals surface area contributed by atoms with E-state index in [0.29, 0.717) is 0 Å². The van der Waals surface area contributed by atoms with Gasteiger partial charge in [-0.05, 0) is 43.5 Å². The topological polar surface area (TPSA) is 98.8 Å². The predicted octanol–water partition coefficient (Wildman–Crippen LogP) is 6.05. The van der Waals surface area contributed by atoms with Gasteiger partial charge in [0.25, 0.3) is 6.43 Å². The summed E-state index contributed by atoms with van der Waals surface area (Å²) in [6, 6.07) is 12.7. The average molecular weight is 585 g/mol. The number of imidazole rings is 1. The summed E-state index contributed by atoms with van der Waals surface area (Å²) in [7, 11) is 0. The Morgan fingerprint density at radius 2 is 1.63 bits per heavy atom. The van der Waals surface area contributed by atoms with Crippen molar-refractivity contribution < 1.29 is 13.5 Å². The zero-order valence-electron chi connectivity index (χ0n) is 24.3. The number of aromatic nitrogens is 6. The van der Waals surface area contributed by atoms with Crippen molar-refractivity contribution in [3.63, 3.8) is 0 Å². The highest BCUT2D eigenvalue weighted by Gasteiger charge is 2.36. The van der Waals surface area contributed by atoms with Gasteiger partial charge < -0.3 is 24.5 Å². The van der Waals surface area contributed by atoms with Crippen LogP contribution in [0.3, 0.4) is 0 Å². The van der Waals surface area contributed by atoms with Crippen molar-refractivity contribution in [3.05, 3.63) is 72.1 Å². The van der Waals surface area contributed by atoms with Gasteiger partial charge in [0.1, 0.15) is 29.4 Å². The van der Waals surface area contributed by atoms with Crippen LogP contribution in [0, 0.1) is 6.92 Å². The standard InChI is InChI=1S/C32H34F2N8O/c1-20-27(21-3-5-22(6-4-21)28(33)34)40-31(38-20)32(2)9-11-42(12-10-32)30-24-17-25(39-29(24)36-19-37-30)23-7-8-26(35-18-23)41-13-15-43-16-14-41/h3-8,17-19,28H,9-16H2,1-2H3,(H,38,40)(H,36,37,39). The summed E-state index contributed by atoms with van der Waals surface area (Å²) in [5.74, 6) is 2.81. The zero-order valence-corrected chi connectivity index (χ0v) is 24.3. The maximum Gasteiger partial charge on any atom is 0.263 e. The Balaban J connectivity index is 1.08. The zero-order chi connectivity index (χ0) is 29.6. The molecule has 7 rings (SSSR count). The van der Waals surface area contributed by atoms with Crippen molar-refractivity contribution >= 4 is 22.7 Å². The van der Waals surface area contributed by atoms with Crippen LogP contribution in [0.5, 0.6) is 0 Å². The van der Waals surface area contributed by atoms with Gasteiger partial charge in [-0.3, -0.25) is 0 Å². The number of ether oxygens (including phenoxy) is 1. The van der Waals surface area contributed by atoms with Crippen LogP contribution < -0.4 is 9.80 Å². The summed E-state index contributed by atoms with van der Waals surface area (Å²) in [6.45, 7) is 8.99. The minimum atomic E-state index is -2.48. The second-order valence-corrected chi connectivity index (χ2v) is 11.7. The van der Waals surface area contributed by atoms with Crippen LogP contribution in [0.1, 0.15) is 43.3 Å². The molecule has 43 heavy (non-hydrogen) atoms. The second kappa shape index (κ2) is 11.0. The van der Waals surface area contributed by atoms with Crippen LogP contribution in [-0.4, -0.2) is 69.3 Å². The lowest BCUT2D eigenvalue weighted by Crippen LogP contribution is -2.42. The first kappa shape index (κ1) is 27.5. The second-order valence-electron chi connectivity index (χ2n) is 11.7. The van der Waals surface area contributed by atoms with Crippen LogP contribution in [-0.2, 0) is 10.2 Å². The number of aryl methyl sites for hydroxylation is 1. The van der Waals surface area contributed by atoms with E-state index < -0.39 is 6.43 Å². The summed E-state index contributed by atoms with van der Waals surface area (Å²) in [4.78, 5) is 30.4. The first-order chi connectivity index (χ1) is 20.9. The maximum absolute atomic E-state index is 13.0. The Labute approximate surface area is 248 Å².